The van der Waals surface area contributed by atoms with E-state index in [1.54, 1.807) is 6.92 Å². The van der Waals surface area contributed by atoms with Gasteiger partial charge < -0.3 is 10.1 Å². The van der Waals surface area contributed by atoms with Crippen molar-refractivity contribution in [1.29, 1.82) is 0 Å². The number of carbonyl (C=O) groups is 1. The van der Waals surface area contributed by atoms with Gasteiger partial charge in [0.05, 0.1) is 24.0 Å². The summed E-state index contributed by atoms with van der Waals surface area (Å²) in [7, 11) is -3.14. The number of ether oxygens (including phenoxy) is 1. The SMILES string of the molecule is CCOC(=O)CCS(=O)(=O)C1CCNCC1. The van der Waals surface area contributed by atoms with Crippen molar-refractivity contribution in [3.05, 3.63) is 0 Å². The van der Waals surface area contributed by atoms with Crippen molar-refractivity contribution >= 4 is 15.8 Å². The molecule has 1 aliphatic heterocycles. The van der Waals surface area contributed by atoms with Crippen LogP contribution in [0.5, 0.6) is 0 Å². The maximum atomic E-state index is 11.9. The fraction of sp³-hybridized carbons (Fsp3) is 0.900. The molecule has 0 atom stereocenters. The first-order chi connectivity index (χ1) is 7.56. The monoisotopic (exact) mass is 249 g/mol. The molecule has 0 aromatic rings. The van der Waals surface area contributed by atoms with Crippen molar-refractivity contribution in [2.24, 2.45) is 0 Å². The highest BCUT2D eigenvalue weighted by molar-refractivity contribution is 7.92. The fourth-order valence-corrected chi connectivity index (χ4v) is 3.52. The lowest BCUT2D eigenvalue weighted by Gasteiger charge is -2.22. The number of esters is 1. The van der Waals surface area contributed by atoms with Crippen molar-refractivity contribution < 1.29 is 17.9 Å². The van der Waals surface area contributed by atoms with Gasteiger partial charge in [-0.25, -0.2) is 8.42 Å². The van der Waals surface area contributed by atoms with E-state index in [0.29, 0.717) is 19.4 Å². The minimum atomic E-state index is -3.14. The summed E-state index contributed by atoms with van der Waals surface area (Å²) >= 11 is 0. The van der Waals surface area contributed by atoms with E-state index >= 15 is 0 Å². The molecule has 1 heterocycles. The van der Waals surface area contributed by atoms with Crippen LogP contribution in [0.15, 0.2) is 0 Å². The number of rotatable bonds is 5. The van der Waals surface area contributed by atoms with Crippen LogP contribution in [0.25, 0.3) is 0 Å². The molecule has 6 heteroatoms. The number of piperidine rings is 1. The normalized spacial score (nSPS) is 18.3. The van der Waals surface area contributed by atoms with E-state index in [-0.39, 0.29) is 17.4 Å². The van der Waals surface area contributed by atoms with Gasteiger partial charge in [-0.3, -0.25) is 4.79 Å². The van der Waals surface area contributed by atoms with Gasteiger partial charge >= 0.3 is 5.97 Å². The van der Waals surface area contributed by atoms with Gasteiger partial charge in [-0.1, -0.05) is 0 Å². The van der Waals surface area contributed by atoms with Crippen molar-refractivity contribution in [2.75, 3.05) is 25.4 Å². The van der Waals surface area contributed by atoms with Crippen molar-refractivity contribution in [3.63, 3.8) is 0 Å². The summed E-state index contributed by atoms with van der Waals surface area (Å²) in [4.78, 5) is 11.1. The Morgan fingerprint density at radius 2 is 2.00 bits per heavy atom. The Morgan fingerprint density at radius 1 is 1.38 bits per heavy atom. The first-order valence-corrected chi connectivity index (χ1v) is 7.35. The quantitative estimate of drug-likeness (QED) is 0.700. The van der Waals surface area contributed by atoms with E-state index in [9.17, 15) is 13.2 Å². The molecule has 0 amide bonds. The van der Waals surface area contributed by atoms with E-state index in [1.807, 2.05) is 0 Å². The smallest absolute Gasteiger partial charge is 0.306 e. The van der Waals surface area contributed by atoms with Crippen molar-refractivity contribution in [2.45, 2.75) is 31.4 Å². The van der Waals surface area contributed by atoms with Crippen LogP contribution in [0.1, 0.15) is 26.2 Å². The third-order valence-electron chi connectivity index (χ3n) is 2.69. The van der Waals surface area contributed by atoms with E-state index < -0.39 is 15.8 Å². The number of hydrogen-bond donors (Lipinski definition) is 1. The Labute approximate surface area is 96.5 Å². The van der Waals surface area contributed by atoms with Crippen LogP contribution in [-0.2, 0) is 19.4 Å². The standard InChI is InChI=1S/C10H19NO4S/c1-2-15-10(12)5-8-16(13,14)9-3-6-11-7-4-9/h9,11H,2-8H2,1H3. The van der Waals surface area contributed by atoms with Crippen LogP contribution < -0.4 is 5.32 Å². The average molecular weight is 249 g/mol. The summed E-state index contributed by atoms with van der Waals surface area (Å²) in [6.07, 6.45) is 1.26. The molecule has 16 heavy (non-hydrogen) atoms. The number of sulfone groups is 1. The van der Waals surface area contributed by atoms with Crippen LogP contribution in [-0.4, -0.2) is 45.1 Å². The van der Waals surface area contributed by atoms with Gasteiger partial charge in [0.25, 0.3) is 0 Å². The zero-order valence-electron chi connectivity index (χ0n) is 9.57. The Bertz CT molecular complexity index is 320. The Morgan fingerprint density at radius 3 is 2.56 bits per heavy atom. The molecule has 1 aliphatic rings. The maximum Gasteiger partial charge on any atom is 0.306 e. The Hall–Kier alpha value is -0.620. The first kappa shape index (κ1) is 13.4. The molecule has 5 nitrogen and oxygen atoms in total. The summed E-state index contributed by atoms with van der Waals surface area (Å²) in [5.41, 5.74) is 0. The van der Waals surface area contributed by atoms with E-state index in [1.165, 1.54) is 0 Å². The molecule has 0 bridgehead atoms. The lowest BCUT2D eigenvalue weighted by molar-refractivity contribution is -0.142. The molecule has 0 aliphatic carbocycles. The van der Waals surface area contributed by atoms with Gasteiger partial charge in [-0.2, -0.15) is 0 Å². The van der Waals surface area contributed by atoms with E-state index in [4.69, 9.17) is 4.74 Å². The average Bonchev–Trinajstić information content (AvgIpc) is 2.28. The van der Waals surface area contributed by atoms with Gasteiger partial charge in [0.2, 0.25) is 0 Å². The molecule has 1 saturated heterocycles. The Kier molecular flexibility index (Phi) is 5.21. The van der Waals surface area contributed by atoms with E-state index in [0.717, 1.165) is 13.1 Å². The van der Waals surface area contributed by atoms with E-state index in [2.05, 4.69) is 5.32 Å². The van der Waals surface area contributed by atoms with Gasteiger partial charge in [-0.05, 0) is 32.9 Å². The van der Waals surface area contributed by atoms with Crippen LogP contribution >= 0.6 is 0 Å². The lowest BCUT2D eigenvalue weighted by atomic mass is 10.2. The summed E-state index contributed by atoms with van der Waals surface area (Å²) in [5, 5.41) is 2.83. The predicted octanol–water partition coefficient (Wildman–Crippen LogP) is 0.106. The van der Waals surface area contributed by atoms with Crippen molar-refractivity contribution in [1.82, 2.24) is 5.32 Å². The lowest BCUT2D eigenvalue weighted by Crippen LogP contribution is -2.37. The van der Waals surface area contributed by atoms with Crippen LogP contribution in [0, 0.1) is 0 Å². The molecular formula is C10H19NO4S. The molecule has 0 spiro atoms. The van der Waals surface area contributed by atoms with Gasteiger partial charge in [0.15, 0.2) is 9.84 Å². The molecule has 0 aromatic heterocycles. The third kappa shape index (κ3) is 4.09. The highest BCUT2D eigenvalue weighted by Gasteiger charge is 2.27. The highest BCUT2D eigenvalue weighted by Crippen LogP contribution is 2.15. The zero-order chi connectivity index (χ0) is 12.0. The molecule has 0 unspecified atom stereocenters. The topological polar surface area (TPSA) is 72.5 Å². The van der Waals surface area contributed by atoms with Crippen LogP contribution in [0.3, 0.4) is 0 Å². The van der Waals surface area contributed by atoms with Crippen LogP contribution in [0.4, 0.5) is 0 Å². The minimum Gasteiger partial charge on any atom is -0.466 e. The van der Waals surface area contributed by atoms with Gasteiger partial charge in [0, 0.05) is 0 Å². The zero-order valence-corrected chi connectivity index (χ0v) is 10.4. The predicted molar refractivity (Wildman–Crippen MR) is 60.9 cm³/mol. The molecule has 1 fully saturated rings. The fourth-order valence-electron chi connectivity index (χ4n) is 1.78. The molecule has 0 saturated carbocycles. The summed E-state index contributed by atoms with van der Waals surface area (Å²) in [6.45, 7) is 3.48. The largest absolute Gasteiger partial charge is 0.466 e. The van der Waals surface area contributed by atoms with Crippen molar-refractivity contribution in [3.8, 4) is 0 Å². The summed E-state index contributed by atoms with van der Waals surface area (Å²) < 4.78 is 28.4. The second-order valence-electron chi connectivity index (χ2n) is 3.87. The van der Waals surface area contributed by atoms with Gasteiger partial charge in [0.1, 0.15) is 0 Å². The number of hydrogen-bond acceptors (Lipinski definition) is 5. The minimum absolute atomic E-state index is 0.0277. The molecule has 0 aromatic carbocycles. The first-order valence-electron chi connectivity index (χ1n) is 5.64. The molecule has 94 valence electrons. The molecular weight excluding hydrogens is 230 g/mol. The second-order valence-corrected chi connectivity index (χ2v) is 6.27. The number of carbonyl (C=O) groups excluding carboxylic acids is 1. The molecule has 1 rings (SSSR count). The van der Waals surface area contributed by atoms with Gasteiger partial charge in [-0.15, -0.1) is 0 Å². The highest BCUT2D eigenvalue weighted by atomic mass is 32.2. The number of nitrogens with one attached hydrogen (secondary N) is 1. The maximum absolute atomic E-state index is 11.9. The van der Waals surface area contributed by atoms with Crippen LogP contribution in [0.2, 0.25) is 0 Å². The summed E-state index contributed by atoms with van der Waals surface area (Å²) in [6, 6.07) is 0. The molecule has 0 radical (unpaired) electrons. The third-order valence-corrected chi connectivity index (χ3v) is 4.95. The summed E-state index contributed by atoms with van der Waals surface area (Å²) in [5.74, 6) is -0.517. The Balaban J connectivity index is 2.41. The molecule has 1 N–H and O–H groups in total. The second kappa shape index (κ2) is 6.20.